The highest BCUT2D eigenvalue weighted by molar-refractivity contribution is 5.72. The zero-order valence-electron chi connectivity index (χ0n) is 11.7. The SMILES string of the molecule is CCOC(=O)C1CCC(Oc2cccc(C#N)c2)CC1. The van der Waals surface area contributed by atoms with E-state index in [1.165, 1.54) is 0 Å². The number of carbonyl (C=O) groups excluding carboxylic acids is 1. The van der Waals surface area contributed by atoms with E-state index < -0.39 is 0 Å². The summed E-state index contributed by atoms with van der Waals surface area (Å²) in [5.74, 6) is 0.654. The van der Waals surface area contributed by atoms with Crippen LogP contribution in [0.1, 0.15) is 38.2 Å². The molecule has 20 heavy (non-hydrogen) atoms. The van der Waals surface area contributed by atoms with Crippen LogP contribution in [-0.2, 0) is 9.53 Å². The zero-order chi connectivity index (χ0) is 14.4. The second-order valence-electron chi connectivity index (χ2n) is 4.98. The summed E-state index contributed by atoms with van der Waals surface area (Å²) in [6.45, 7) is 2.27. The normalized spacial score (nSPS) is 21.8. The molecule has 0 saturated heterocycles. The Morgan fingerprint density at radius 1 is 1.35 bits per heavy atom. The smallest absolute Gasteiger partial charge is 0.308 e. The summed E-state index contributed by atoms with van der Waals surface area (Å²) in [4.78, 5) is 11.6. The average Bonchev–Trinajstić information content (AvgIpc) is 2.48. The number of rotatable bonds is 4. The molecule has 2 rings (SSSR count). The van der Waals surface area contributed by atoms with Gasteiger partial charge in [-0.05, 0) is 50.8 Å². The number of benzene rings is 1. The standard InChI is InChI=1S/C16H19NO3/c1-2-19-16(18)13-6-8-14(9-7-13)20-15-5-3-4-12(10-15)11-17/h3-5,10,13-14H,2,6-9H2,1H3. The lowest BCUT2D eigenvalue weighted by atomic mass is 9.87. The minimum atomic E-state index is -0.0857. The molecule has 0 N–H and O–H groups in total. The van der Waals surface area contributed by atoms with Crippen molar-refractivity contribution >= 4 is 5.97 Å². The first-order valence-electron chi connectivity index (χ1n) is 7.06. The van der Waals surface area contributed by atoms with Crippen LogP contribution in [0.5, 0.6) is 5.75 Å². The molecule has 1 aromatic carbocycles. The van der Waals surface area contributed by atoms with E-state index in [0.717, 1.165) is 31.4 Å². The molecule has 0 aliphatic heterocycles. The van der Waals surface area contributed by atoms with Crippen molar-refractivity contribution in [3.63, 3.8) is 0 Å². The third-order valence-corrected chi connectivity index (χ3v) is 3.56. The Morgan fingerprint density at radius 2 is 2.10 bits per heavy atom. The van der Waals surface area contributed by atoms with Crippen LogP contribution in [0.15, 0.2) is 24.3 Å². The monoisotopic (exact) mass is 273 g/mol. The lowest BCUT2D eigenvalue weighted by Crippen LogP contribution is -2.29. The van der Waals surface area contributed by atoms with Gasteiger partial charge in [-0.1, -0.05) is 6.07 Å². The van der Waals surface area contributed by atoms with Crippen molar-refractivity contribution in [2.75, 3.05) is 6.61 Å². The Morgan fingerprint density at radius 3 is 2.75 bits per heavy atom. The van der Waals surface area contributed by atoms with E-state index in [9.17, 15) is 4.79 Å². The summed E-state index contributed by atoms with van der Waals surface area (Å²) in [6.07, 6.45) is 3.43. The average molecular weight is 273 g/mol. The van der Waals surface area contributed by atoms with Gasteiger partial charge in [-0.25, -0.2) is 0 Å². The van der Waals surface area contributed by atoms with Crippen LogP contribution < -0.4 is 4.74 Å². The molecule has 1 aliphatic carbocycles. The molecule has 4 nitrogen and oxygen atoms in total. The molecular formula is C16H19NO3. The number of hydrogen-bond donors (Lipinski definition) is 0. The Balaban J connectivity index is 1.85. The highest BCUT2D eigenvalue weighted by Crippen LogP contribution is 2.28. The molecule has 4 heteroatoms. The first kappa shape index (κ1) is 14.4. The van der Waals surface area contributed by atoms with Gasteiger partial charge in [-0.2, -0.15) is 5.26 Å². The Hall–Kier alpha value is -2.02. The molecule has 0 bridgehead atoms. The number of hydrogen-bond acceptors (Lipinski definition) is 4. The molecule has 106 valence electrons. The van der Waals surface area contributed by atoms with E-state index in [-0.39, 0.29) is 18.0 Å². The van der Waals surface area contributed by atoms with E-state index in [1.54, 1.807) is 12.1 Å². The summed E-state index contributed by atoms with van der Waals surface area (Å²) in [6, 6.07) is 9.28. The topological polar surface area (TPSA) is 59.3 Å². The van der Waals surface area contributed by atoms with Gasteiger partial charge in [0, 0.05) is 0 Å². The van der Waals surface area contributed by atoms with E-state index in [0.29, 0.717) is 12.2 Å². The van der Waals surface area contributed by atoms with Crippen molar-refractivity contribution in [2.45, 2.75) is 38.7 Å². The van der Waals surface area contributed by atoms with Gasteiger partial charge < -0.3 is 9.47 Å². The molecule has 0 amide bonds. The third-order valence-electron chi connectivity index (χ3n) is 3.56. The van der Waals surface area contributed by atoms with Crippen LogP contribution in [0.25, 0.3) is 0 Å². The molecule has 1 saturated carbocycles. The van der Waals surface area contributed by atoms with Gasteiger partial charge in [-0.3, -0.25) is 4.79 Å². The minimum absolute atomic E-state index is 0.0141. The summed E-state index contributed by atoms with van der Waals surface area (Å²) >= 11 is 0. The van der Waals surface area contributed by atoms with Crippen LogP contribution in [0.3, 0.4) is 0 Å². The van der Waals surface area contributed by atoms with Gasteiger partial charge in [0.05, 0.1) is 30.3 Å². The maximum atomic E-state index is 11.6. The number of carbonyl (C=O) groups is 1. The largest absolute Gasteiger partial charge is 0.490 e. The van der Waals surface area contributed by atoms with Gasteiger partial charge in [0.25, 0.3) is 0 Å². The number of esters is 1. The van der Waals surface area contributed by atoms with Crippen LogP contribution >= 0.6 is 0 Å². The summed E-state index contributed by atoms with van der Waals surface area (Å²) in [7, 11) is 0. The van der Waals surface area contributed by atoms with E-state index in [1.807, 2.05) is 19.1 Å². The van der Waals surface area contributed by atoms with E-state index in [2.05, 4.69) is 6.07 Å². The van der Waals surface area contributed by atoms with Crippen molar-refractivity contribution in [2.24, 2.45) is 5.92 Å². The van der Waals surface area contributed by atoms with Crippen LogP contribution in [0, 0.1) is 17.2 Å². The third kappa shape index (κ3) is 3.74. The Labute approximate surface area is 119 Å². The van der Waals surface area contributed by atoms with Crippen LogP contribution in [-0.4, -0.2) is 18.7 Å². The molecule has 0 radical (unpaired) electrons. The highest BCUT2D eigenvalue weighted by Gasteiger charge is 2.28. The molecule has 0 heterocycles. The van der Waals surface area contributed by atoms with Crippen molar-refractivity contribution in [3.8, 4) is 11.8 Å². The van der Waals surface area contributed by atoms with E-state index >= 15 is 0 Å². The van der Waals surface area contributed by atoms with Crippen molar-refractivity contribution < 1.29 is 14.3 Å². The predicted molar refractivity (Wildman–Crippen MR) is 74.2 cm³/mol. The first-order valence-corrected chi connectivity index (χ1v) is 7.06. The summed E-state index contributed by atoms with van der Waals surface area (Å²) < 4.78 is 10.9. The van der Waals surface area contributed by atoms with Crippen LogP contribution in [0.2, 0.25) is 0 Å². The van der Waals surface area contributed by atoms with Gasteiger partial charge in [-0.15, -0.1) is 0 Å². The van der Waals surface area contributed by atoms with Gasteiger partial charge in [0.1, 0.15) is 5.75 Å². The quantitative estimate of drug-likeness (QED) is 0.791. The number of ether oxygens (including phenoxy) is 2. The maximum Gasteiger partial charge on any atom is 0.308 e. The second-order valence-corrected chi connectivity index (χ2v) is 4.98. The lowest BCUT2D eigenvalue weighted by Gasteiger charge is -2.27. The van der Waals surface area contributed by atoms with Gasteiger partial charge >= 0.3 is 5.97 Å². The Kier molecular flexibility index (Phi) is 5.00. The molecular weight excluding hydrogens is 254 g/mol. The Bertz CT molecular complexity index is 499. The van der Waals surface area contributed by atoms with Gasteiger partial charge in [0.2, 0.25) is 0 Å². The zero-order valence-corrected chi connectivity index (χ0v) is 11.7. The fourth-order valence-corrected chi connectivity index (χ4v) is 2.51. The first-order chi connectivity index (χ1) is 9.72. The highest BCUT2D eigenvalue weighted by atomic mass is 16.5. The van der Waals surface area contributed by atoms with Crippen molar-refractivity contribution in [3.05, 3.63) is 29.8 Å². The molecule has 0 aromatic heterocycles. The number of nitriles is 1. The molecule has 0 spiro atoms. The minimum Gasteiger partial charge on any atom is -0.490 e. The van der Waals surface area contributed by atoms with Crippen molar-refractivity contribution in [1.82, 2.24) is 0 Å². The number of nitrogens with zero attached hydrogens (tertiary/aromatic N) is 1. The van der Waals surface area contributed by atoms with E-state index in [4.69, 9.17) is 14.7 Å². The molecule has 1 aliphatic rings. The van der Waals surface area contributed by atoms with Gasteiger partial charge in [0.15, 0.2) is 0 Å². The summed E-state index contributed by atoms with van der Waals surface area (Å²) in [5.41, 5.74) is 0.600. The second kappa shape index (κ2) is 6.95. The fraction of sp³-hybridized carbons (Fsp3) is 0.500. The molecule has 0 atom stereocenters. The maximum absolute atomic E-state index is 11.6. The predicted octanol–water partition coefficient (Wildman–Crippen LogP) is 3.06. The summed E-state index contributed by atoms with van der Waals surface area (Å²) in [5, 5.41) is 8.86. The molecule has 1 fully saturated rings. The fourth-order valence-electron chi connectivity index (χ4n) is 2.51. The lowest BCUT2D eigenvalue weighted by molar-refractivity contribution is -0.149. The van der Waals surface area contributed by atoms with Crippen molar-refractivity contribution in [1.29, 1.82) is 5.26 Å². The molecule has 1 aromatic rings. The van der Waals surface area contributed by atoms with Crippen LogP contribution in [0.4, 0.5) is 0 Å². The molecule has 0 unspecified atom stereocenters.